The summed E-state index contributed by atoms with van der Waals surface area (Å²) < 4.78 is 11.0. The van der Waals surface area contributed by atoms with Crippen molar-refractivity contribution in [1.82, 2.24) is 15.2 Å². The van der Waals surface area contributed by atoms with Crippen molar-refractivity contribution in [3.05, 3.63) is 53.3 Å². The Morgan fingerprint density at radius 1 is 1.25 bits per heavy atom. The lowest BCUT2D eigenvalue weighted by Crippen LogP contribution is -2.40. The lowest BCUT2D eigenvalue weighted by Gasteiger charge is -2.36. The maximum atomic E-state index is 11.7. The van der Waals surface area contributed by atoms with Crippen molar-refractivity contribution in [3.8, 4) is 11.5 Å². The fourth-order valence-electron chi connectivity index (χ4n) is 4.15. The molecule has 1 unspecified atom stereocenters. The van der Waals surface area contributed by atoms with E-state index in [1.54, 1.807) is 13.1 Å². The largest absolute Gasteiger partial charge is 0.454 e. The number of carbonyl (C=O) groups is 1. The number of benzene rings is 1. The third-order valence-corrected chi connectivity index (χ3v) is 5.69. The molecule has 1 atom stereocenters. The SMILES string of the molecule is CC(=O)NC(c1ccccn1)C1CCN(Cc2cc3c(cc2C)OCO3)CC1. The molecule has 2 aliphatic heterocycles. The van der Waals surface area contributed by atoms with Crippen molar-refractivity contribution < 1.29 is 14.3 Å². The molecule has 6 heteroatoms. The summed E-state index contributed by atoms with van der Waals surface area (Å²) in [7, 11) is 0. The minimum atomic E-state index is -0.0203. The quantitative estimate of drug-likeness (QED) is 0.862. The van der Waals surface area contributed by atoms with Crippen LogP contribution in [0.3, 0.4) is 0 Å². The van der Waals surface area contributed by atoms with E-state index in [1.165, 1.54) is 11.1 Å². The first-order valence-corrected chi connectivity index (χ1v) is 9.89. The molecular formula is C22H27N3O3. The molecule has 0 aliphatic carbocycles. The standard InChI is InChI=1S/C22H27N3O3/c1-15-11-20-21(28-14-27-20)12-18(15)13-25-9-6-17(7-10-25)22(24-16(2)26)19-5-3-4-8-23-19/h3-5,8,11-12,17,22H,6-7,9-10,13-14H2,1-2H3,(H,24,26). The first kappa shape index (κ1) is 18.7. The van der Waals surface area contributed by atoms with E-state index in [-0.39, 0.29) is 11.9 Å². The van der Waals surface area contributed by atoms with Crippen molar-refractivity contribution in [2.24, 2.45) is 5.92 Å². The van der Waals surface area contributed by atoms with E-state index in [0.29, 0.717) is 12.7 Å². The Bertz CT molecular complexity index is 832. The van der Waals surface area contributed by atoms with Crippen LogP contribution in [0.1, 0.15) is 42.6 Å². The molecule has 1 aromatic heterocycles. The van der Waals surface area contributed by atoms with Gasteiger partial charge in [-0.15, -0.1) is 0 Å². The minimum absolute atomic E-state index is 0.00549. The number of hydrogen-bond donors (Lipinski definition) is 1. The Morgan fingerprint density at radius 2 is 2.00 bits per heavy atom. The van der Waals surface area contributed by atoms with Gasteiger partial charge in [0.2, 0.25) is 12.7 Å². The molecule has 0 saturated carbocycles. The van der Waals surface area contributed by atoms with Crippen molar-refractivity contribution in [2.75, 3.05) is 19.9 Å². The zero-order valence-corrected chi connectivity index (χ0v) is 16.5. The molecule has 1 saturated heterocycles. The highest BCUT2D eigenvalue weighted by Crippen LogP contribution is 2.36. The van der Waals surface area contributed by atoms with Crippen molar-refractivity contribution in [3.63, 3.8) is 0 Å². The van der Waals surface area contributed by atoms with Gasteiger partial charge in [0.05, 0.1) is 11.7 Å². The molecular weight excluding hydrogens is 354 g/mol. The summed E-state index contributed by atoms with van der Waals surface area (Å²) in [6, 6.07) is 10.0. The van der Waals surface area contributed by atoms with E-state index in [1.807, 2.05) is 18.2 Å². The number of nitrogens with zero attached hydrogens (tertiary/aromatic N) is 2. The normalized spacial score (nSPS) is 18.1. The van der Waals surface area contributed by atoms with E-state index < -0.39 is 0 Å². The summed E-state index contributed by atoms with van der Waals surface area (Å²) in [5, 5.41) is 3.12. The van der Waals surface area contributed by atoms with E-state index >= 15 is 0 Å². The van der Waals surface area contributed by atoms with Crippen LogP contribution in [0.15, 0.2) is 36.5 Å². The summed E-state index contributed by atoms with van der Waals surface area (Å²) in [6.45, 7) is 6.92. The Labute approximate surface area is 165 Å². The maximum absolute atomic E-state index is 11.7. The number of nitrogens with one attached hydrogen (secondary N) is 1. The third-order valence-electron chi connectivity index (χ3n) is 5.69. The van der Waals surface area contributed by atoms with Crippen LogP contribution in [-0.4, -0.2) is 35.7 Å². The molecule has 6 nitrogen and oxygen atoms in total. The average molecular weight is 381 g/mol. The lowest BCUT2D eigenvalue weighted by atomic mass is 9.87. The predicted octanol–water partition coefficient (Wildman–Crippen LogP) is 3.21. The highest BCUT2D eigenvalue weighted by Gasteiger charge is 2.29. The predicted molar refractivity (Wildman–Crippen MR) is 106 cm³/mol. The van der Waals surface area contributed by atoms with Crippen LogP contribution in [0, 0.1) is 12.8 Å². The molecule has 0 bridgehead atoms. The number of rotatable bonds is 5. The first-order valence-electron chi connectivity index (χ1n) is 9.89. The van der Waals surface area contributed by atoms with Gasteiger partial charge in [-0.2, -0.15) is 0 Å². The molecule has 1 N–H and O–H groups in total. The average Bonchev–Trinajstić information content (AvgIpc) is 3.15. The summed E-state index contributed by atoms with van der Waals surface area (Å²) >= 11 is 0. The van der Waals surface area contributed by atoms with Gasteiger partial charge in [0.25, 0.3) is 0 Å². The molecule has 0 spiro atoms. The number of fused-ring (bicyclic) bond motifs is 1. The summed E-state index contributed by atoms with van der Waals surface area (Å²) in [4.78, 5) is 18.7. The van der Waals surface area contributed by atoms with Crippen molar-refractivity contribution >= 4 is 5.91 Å². The van der Waals surface area contributed by atoms with Crippen LogP contribution in [-0.2, 0) is 11.3 Å². The van der Waals surface area contributed by atoms with Gasteiger partial charge in [0.15, 0.2) is 11.5 Å². The van der Waals surface area contributed by atoms with Crippen LogP contribution in [0.4, 0.5) is 0 Å². The Balaban J connectivity index is 1.40. The molecule has 0 radical (unpaired) electrons. The zero-order valence-electron chi connectivity index (χ0n) is 16.5. The Morgan fingerprint density at radius 3 is 2.68 bits per heavy atom. The molecule has 28 heavy (non-hydrogen) atoms. The van der Waals surface area contributed by atoms with Gasteiger partial charge in [0, 0.05) is 19.7 Å². The zero-order chi connectivity index (χ0) is 19.5. The smallest absolute Gasteiger partial charge is 0.231 e. The molecule has 4 rings (SSSR count). The van der Waals surface area contributed by atoms with Gasteiger partial charge in [-0.1, -0.05) is 6.07 Å². The number of likely N-dealkylation sites (tertiary alicyclic amines) is 1. The summed E-state index contributed by atoms with van der Waals surface area (Å²) in [5.74, 6) is 2.08. The topological polar surface area (TPSA) is 63.7 Å². The van der Waals surface area contributed by atoms with E-state index in [4.69, 9.17) is 9.47 Å². The van der Waals surface area contributed by atoms with Gasteiger partial charge in [-0.25, -0.2) is 0 Å². The molecule has 148 valence electrons. The number of piperidine rings is 1. The van der Waals surface area contributed by atoms with E-state index in [2.05, 4.69) is 34.3 Å². The molecule has 1 amide bonds. The molecule has 3 heterocycles. The second-order valence-corrected chi connectivity index (χ2v) is 7.68. The number of ether oxygens (including phenoxy) is 2. The van der Waals surface area contributed by atoms with Crippen LogP contribution in [0.25, 0.3) is 0 Å². The summed E-state index contributed by atoms with van der Waals surface area (Å²) in [5.41, 5.74) is 3.46. The second-order valence-electron chi connectivity index (χ2n) is 7.68. The number of aryl methyl sites for hydroxylation is 1. The van der Waals surface area contributed by atoms with Gasteiger partial charge in [-0.3, -0.25) is 14.7 Å². The molecule has 1 fully saturated rings. The van der Waals surface area contributed by atoms with Crippen LogP contribution in [0.2, 0.25) is 0 Å². The van der Waals surface area contributed by atoms with E-state index in [0.717, 1.165) is 49.7 Å². The number of pyridine rings is 1. The third kappa shape index (κ3) is 4.12. The van der Waals surface area contributed by atoms with Gasteiger partial charge in [-0.05, 0) is 74.2 Å². The van der Waals surface area contributed by atoms with E-state index in [9.17, 15) is 4.79 Å². The monoisotopic (exact) mass is 381 g/mol. The Kier molecular flexibility index (Phi) is 5.48. The number of amides is 1. The highest BCUT2D eigenvalue weighted by molar-refractivity contribution is 5.73. The fourth-order valence-corrected chi connectivity index (χ4v) is 4.15. The molecule has 2 aromatic rings. The number of aromatic nitrogens is 1. The van der Waals surface area contributed by atoms with Gasteiger partial charge >= 0.3 is 0 Å². The Hall–Kier alpha value is -2.60. The van der Waals surface area contributed by atoms with Crippen molar-refractivity contribution in [2.45, 2.75) is 39.3 Å². The number of carbonyl (C=O) groups excluding carboxylic acids is 1. The van der Waals surface area contributed by atoms with Gasteiger partial charge < -0.3 is 14.8 Å². The second kappa shape index (κ2) is 8.19. The van der Waals surface area contributed by atoms with Crippen LogP contribution >= 0.6 is 0 Å². The van der Waals surface area contributed by atoms with Crippen LogP contribution < -0.4 is 14.8 Å². The summed E-state index contributed by atoms with van der Waals surface area (Å²) in [6.07, 6.45) is 3.86. The highest BCUT2D eigenvalue weighted by atomic mass is 16.7. The fraction of sp³-hybridized carbons (Fsp3) is 0.455. The first-order chi connectivity index (χ1) is 13.6. The lowest BCUT2D eigenvalue weighted by molar-refractivity contribution is -0.120. The van der Waals surface area contributed by atoms with Crippen molar-refractivity contribution in [1.29, 1.82) is 0 Å². The molecule has 2 aliphatic rings. The van der Waals surface area contributed by atoms with Crippen LogP contribution in [0.5, 0.6) is 11.5 Å². The molecule has 1 aromatic carbocycles. The van der Waals surface area contributed by atoms with Gasteiger partial charge in [0.1, 0.15) is 0 Å². The maximum Gasteiger partial charge on any atom is 0.231 e. The minimum Gasteiger partial charge on any atom is -0.454 e. The number of hydrogen-bond acceptors (Lipinski definition) is 5.